The zero-order chi connectivity index (χ0) is 17.8. The predicted octanol–water partition coefficient (Wildman–Crippen LogP) is 3.87. The molecule has 1 N–H and O–H groups in total. The van der Waals surface area contributed by atoms with Gasteiger partial charge < -0.3 is 4.74 Å². The predicted molar refractivity (Wildman–Crippen MR) is 96.9 cm³/mol. The van der Waals surface area contributed by atoms with E-state index in [1.807, 2.05) is 18.2 Å². The maximum Gasteiger partial charge on any atom is 0.270 e. The zero-order valence-electron chi connectivity index (χ0n) is 13.1. The number of non-ortho nitro benzene ring substituents is 1. The van der Waals surface area contributed by atoms with Crippen molar-refractivity contribution < 1.29 is 14.5 Å². The molecule has 7 nitrogen and oxygen atoms in total. The lowest BCUT2D eigenvalue weighted by Gasteiger charge is -2.03. The first-order valence-corrected chi connectivity index (χ1v) is 8.05. The van der Waals surface area contributed by atoms with Crippen molar-refractivity contribution in [3.63, 3.8) is 0 Å². The monoisotopic (exact) mass is 355 g/mol. The van der Waals surface area contributed by atoms with Gasteiger partial charge in [-0.3, -0.25) is 20.2 Å². The Balaban J connectivity index is 1.75. The number of rotatable bonds is 5. The molecule has 1 heterocycles. The standard InChI is InChI=1S/C17H13N3O4S/c1-24-14-5-3-2-4-11(14)6-9-16(21)19-17-18-13-8-7-12(20(22)23)10-15(13)25-17/h2-10H,1H3,(H,18,19,21)/b9-6+. The second kappa shape index (κ2) is 7.10. The SMILES string of the molecule is COc1ccccc1/C=C/C(=O)Nc1nc2ccc([N+](=O)[O-])cc2s1. The highest BCUT2D eigenvalue weighted by Gasteiger charge is 2.11. The highest BCUT2D eigenvalue weighted by atomic mass is 32.1. The molecule has 126 valence electrons. The molecule has 0 fully saturated rings. The summed E-state index contributed by atoms with van der Waals surface area (Å²) in [6.07, 6.45) is 3.03. The molecule has 1 amide bonds. The quantitative estimate of drug-likeness (QED) is 0.426. The van der Waals surface area contributed by atoms with E-state index < -0.39 is 4.92 Å². The van der Waals surface area contributed by atoms with Crippen LogP contribution in [0.15, 0.2) is 48.5 Å². The number of carbonyl (C=O) groups is 1. The number of amides is 1. The molecule has 0 bridgehead atoms. The molecule has 0 aliphatic rings. The van der Waals surface area contributed by atoms with Crippen LogP contribution in [0, 0.1) is 10.1 Å². The Hall–Kier alpha value is -3.26. The van der Waals surface area contributed by atoms with E-state index in [1.165, 1.54) is 29.5 Å². The Morgan fingerprint density at radius 2 is 2.12 bits per heavy atom. The van der Waals surface area contributed by atoms with Gasteiger partial charge in [0.25, 0.3) is 5.69 Å². The highest BCUT2D eigenvalue weighted by molar-refractivity contribution is 7.22. The van der Waals surface area contributed by atoms with Gasteiger partial charge in [0, 0.05) is 23.8 Å². The molecule has 0 atom stereocenters. The van der Waals surface area contributed by atoms with Gasteiger partial charge in [-0.25, -0.2) is 4.98 Å². The highest BCUT2D eigenvalue weighted by Crippen LogP contribution is 2.29. The molecule has 0 radical (unpaired) electrons. The third-order valence-electron chi connectivity index (χ3n) is 3.37. The fourth-order valence-corrected chi connectivity index (χ4v) is 3.10. The van der Waals surface area contributed by atoms with Crippen LogP contribution in [0.5, 0.6) is 5.75 Å². The molecular weight excluding hydrogens is 342 g/mol. The molecule has 2 aromatic carbocycles. The number of para-hydroxylation sites is 1. The van der Waals surface area contributed by atoms with E-state index in [0.29, 0.717) is 21.1 Å². The number of aromatic nitrogens is 1. The second-order valence-corrected chi connectivity index (χ2v) is 6.02. The number of nitrogens with zero attached hydrogens (tertiary/aromatic N) is 2. The van der Waals surface area contributed by atoms with Crippen LogP contribution in [0.25, 0.3) is 16.3 Å². The number of methoxy groups -OCH3 is 1. The Bertz CT molecular complexity index is 981. The van der Waals surface area contributed by atoms with E-state index in [2.05, 4.69) is 10.3 Å². The Kier molecular flexibility index (Phi) is 4.71. The number of anilines is 1. The van der Waals surface area contributed by atoms with E-state index in [0.717, 1.165) is 5.56 Å². The van der Waals surface area contributed by atoms with E-state index >= 15 is 0 Å². The molecule has 0 saturated carbocycles. The first-order valence-electron chi connectivity index (χ1n) is 7.24. The van der Waals surface area contributed by atoms with Crippen LogP contribution < -0.4 is 10.1 Å². The number of thiazole rings is 1. The van der Waals surface area contributed by atoms with Crippen molar-refractivity contribution in [1.29, 1.82) is 0 Å². The van der Waals surface area contributed by atoms with Crippen LogP contribution >= 0.6 is 11.3 Å². The average molecular weight is 355 g/mol. The van der Waals surface area contributed by atoms with Crippen molar-refractivity contribution in [3.05, 3.63) is 64.2 Å². The fraction of sp³-hybridized carbons (Fsp3) is 0.0588. The number of ether oxygens (including phenoxy) is 1. The zero-order valence-corrected chi connectivity index (χ0v) is 13.9. The number of fused-ring (bicyclic) bond motifs is 1. The topological polar surface area (TPSA) is 94.4 Å². The third-order valence-corrected chi connectivity index (χ3v) is 4.30. The lowest BCUT2D eigenvalue weighted by atomic mass is 10.2. The smallest absolute Gasteiger partial charge is 0.270 e. The number of hydrogen-bond donors (Lipinski definition) is 1. The number of carbonyl (C=O) groups excluding carboxylic acids is 1. The van der Waals surface area contributed by atoms with Gasteiger partial charge in [0.1, 0.15) is 5.75 Å². The number of benzene rings is 2. The minimum absolute atomic E-state index is 0.00917. The van der Waals surface area contributed by atoms with Gasteiger partial charge in [0.05, 0.1) is 22.2 Å². The summed E-state index contributed by atoms with van der Waals surface area (Å²) in [5, 5.41) is 13.8. The van der Waals surface area contributed by atoms with Crippen molar-refractivity contribution >= 4 is 44.4 Å². The lowest BCUT2D eigenvalue weighted by molar-refractivity contribution is -0.384. The van der Waals surface area contributed by atoms with Crippen molar-refractivity contribution in [1.82, 2.24) is 4.98 Å². The first kappa shape index (κ1) is 16.6. The van der Waals surface area contributed by atoms with Gasteiger partial charge in [0.15, 0.2) is 5.13 Å². The largest absolute Gasteiger partial charge is 0.496 e. The lowest BCUT2D eigenvalue weighted by Crippen LogP contribution is -2.07. The van der Waals surface area contributed by atoms with Crippen molar-refractivity contribution in [2.45, 2.75) is 0 Å². The van der Waals surface area contributed by atoms with Crippen LogP contribution in [0.4, 0.5) is 10.8 Å². The first-order chi connectivity index (χ1) is 12.1. The van der Waals surface area contributed by atoms with Gasteiger partial charge in [0.2, 0.25) is 5.91 Å². The molecule has 3 rings (SSSR count). The molecule has 25 heavy (non-hydrogen) atoms. The molecular formula is C17H13N3O4S. The van der Waals surface area contributed by atoms with Crippen LogP contribution in [0.3, 0.4) is 0 Å². The summed E-state index contributed by atoms with van der Waals surface area (Å²) in [6, 6.07) is 11.7. The molecule has 0 aliphatic carbocycles. The Morgan fingerprint density at radius 3 is 2.88 bits per heavy atom. The van der Waals surface area contributed by atoms with Crippen LogP contribution in [0.1, 0.15) is 5.56 Å². The maximum absolute atomic E-state index is 12.1. The summed E-state index contributed by atoms with van der Waals surface area (Å²) >= 11 is 1.18. The summed E-state index contributed by atoms with van der Waals surface area (Å²) < 4.78 is 5.86. The van der Waals surface area contributed by atoms with Crippen molar-refractivity contribution in [3.8, 4) is 5.75 Å². The normalized spacial score (nSPS) is 10.9. The fourth-order valence-electron chi connectivity index (χ4n) is 2.20. The molecule has 3 aromatic rings. The maximum atomic E-state index is 12.1. The van der Waals surface area contributed by atoms with Gasteiger partial charge >= 0.3 is 0 Å². The summed E-state index contributed by atoms with van der Waals surface area (Å²) in [5.74, 6) is 0.318. The van der Waals surface area contributed by atoms with Crippen molar-refractivity contribution in [2.75, 3.05) is 12.4 Å². The van der Waals surface area contributed by atoms with Crippen LogP contribution in [-0.4, -0.2) is 22.9 Å². The van der Waals surface area contributed by atoms with Gasteiger partial charge in [-0.05, 0) is 18.2 Å². The minimum atomic E-state index is -0.465. The van der Waals surface area contributed by atoms with Crippen LogP contribution in [0.2, 0.25) is 0 Å². The molecule has 8 heteroatoms. The Morgan fingerprint density at radius 1 is 1.32 bits per heavy atom. The Labute approximate surface area is 146 Å². The van der Waals surface area contributed by atoms with Crippen LogP contribution in [-0.2, 0) is 4.79 Å². The molecule has 0 saturated heterocycles. The van der Waals surface area contributed by atoms with E-state index in [9.17, 15) is 14.9 Å². The van der Waals surface area contributed by atoms with Gasteiger partial charge in [-0.15, -0.1) is 0 Å². The number of hydrogen-bond acceptors (Lipinski definition) is 6. The van der Waals surface area contributed by atoms with E-state index in [-0.39, 0.29) is 11.6 Å². The number of nitrogens with one attached hydrogen (secondary N) is 1. The van der Waals surface area contributed by atoms with Crippen molar-refractivity contribution in [2.24, 2.45) is 0 Å². The number of nitro groups is 1. The van der Waals surface area contributed by atoms with E-state index in [4.69, 9.17) is 4.74 Å². The summed E-state index contributed by atoms with van der Waals surface area (Å²) in [5.41, 5.74) is 1.37. The average Bonchev–Trinajstić information content (AvgIpc) is 3.01. The summed E-state index contributed by atoms with van der Waals surface area (Å²) in [6.45, 7) is 0. The molecule has 0 spiro atoms. The van der Waals surface area contributed by atoms with E-state index in [1.54, 1.807) is 25.3 Å². The minimum Gasteiger partial charge on any atom is -0.496 e. The summed E-state index contributed by atoms with van der Waals surface area (Å²) in [7, 11) is 1.56. The third kappa shape index (κ3) is 3.81. The molecule has 0 unspecified atom stereocenters. The molecule has 1 aromatic heterocycles. The van der Waals surface area contributed by atoms with Gasteiger partial charge in [-0.1, -0.05) is 29.5 Å². The van der Waals surface area contributed by atoms with Gasteiger partial charge in [-0.2, -0.15) is 0 Å². The summed E-state index contributed by atoms with van der Waals surface area (Å²) in [4.78, 5) is 26.6. The second-order valence-electron chi connectivity index (χ2n) is 4.99. The number of nitro benzene ring substituents is 1. The molecule has 0 aliphatic heterocycles.